The summed E-state index contributed by atoms with van der Waals surface area (Å²) in [6, 6.07) is 5.56. The van der Waals surface area contributed by atoms with Gasteiger partial charge in [0.05, 0.1) is 26.2 Å². The Kier molecular flexibility index (Phi) is 6.10. The Morgan fingerprint density at radius 1 is 1.46 bits per heavy atom. The summed E-state index contributed by atoms with van der Waals surface area (Å²) in [5.41, 5.74) is 4.32. The molecule has 0 unspecified atom stereocenters. The summed E-state index contributed by atoms with van der Waals surface area (Å²) in [7, 11) is 1.49. The fourth-order valence-corrected chi connectivity index (χ4v) is 2.68. The number of hydrogen-bond acceptors (Lipinski definition) is 5. The second-order valence-electron chi connectivity index (χ2n) is 5.67. The van der Waals surface area contributed by atoms with Crippen molar-refractivity contribution in [3.05, 3.63) is 30.1 Å². The van der Waals surface area contributed by atoms with Crippen molar-refractivity contribution in [3.63, 3.8) is 0 Å². The molecule has 0 aliphatic carbocycles. The number of carbonyl (C=O) groups is 2. The lowest BCUT2D eigenvalue weighted by molar-refractivity contribution is -0.167. The summed E-state index contributed by atoms with van der Waals surface area (Å²) >= 11 is 0. The molecule has 2 rings (SSSR count). The van der Waals surface area contributed by atoms with Crippen LogP contribution in [0.5, 0.6) is 5.75 Å². The number of amides is 2. The van der Waals surface area contributed by atoms with Crippen molar-refractivity contribution >= 4 is 11.8 Å². The van der Waals surface area contributed by atoms with Crippen LogP contribution in [-0.4, -0.2) is 62.3 Å². The lowest BCUT2D eigenvalue weighted by Gasteiger charge is -2.41. The average molecular weight is 340 g/mol. The Labute approximate surface area is 139 Å². The minimum absolute atomic E-state index is 0.0463. The van der Waals surface area contributed by atoms with Gasteiger partial charge >= 0.3 is 0 Å². The number of morpholine rings is 1. The number of hydrogen-bond donors (Lipinski definition) is 1. The van der Waals surface area contributed by atoms with E-state index in [4.69, 9.17) is 19.9 Å². The molecule has 1 aromatic carbocycles. The van der Waals surface area contributed by atoms with E-state index in [1.165, 1.54) is 30.2 Å². The first-order chi connectivity index (χ1) is 11.4. The van der Waals surface area contributed by atoms with Gasteiger partial charge in [0.1, 0.15) is 17.2 Å². The first-order valence-electron chi connectivity index (χ1n) is 7.51. The molecule has 1 aromatic rings. The number of benzene rings is 1. The van der Waals surface area contributed by atoms with Crippen LogP contribution < -0.4 is 10.5 Å². The molecule has 2 N–H and O–H groups in total. The number of nitrogens with two attached hydrogens (primary N) is 1. The molecule has 132 valence electrons. The summed E-state index contributed by atoms with van der Waals surface area (Å²) in [6.45, 7) is 0.723. The van der Waals surface area contributed by atoms with E-state index in [2.05, 4.69) is 0 Å². The maximum Gasteiger partial charge on any atom is 0.260 e. The third-order valence-corrected chi connectivity index (χ3v) is 3.66. The SMILES string of the molecule is COC[C@]1(CC(N)=O)CN(C(=O)COc2cccc(F)c2)CCO1. The van der Waals surface area contributed by atoms with E-state index >= 15 is 0 Å². The highest BCUT2D eigenvalue weighted by Crippen LogP contribution is 2.23. The highest BCUT2D eigenvalue weighted by Gasteiger charge is 2.40. The second-order valence-corrected chi connectivity index (χ2v) is 5.67. The number of ether oxygens (including phenoxy) is 3. The molecule has 0 saturated carbocycles. The summed E-state index contributed by atoms with van der Waals surface area (Å²) < 4.78 is 29.2. The Morgan fingerprint density at radius 2 is 2.25 bits per heavy atom. The molecular weight excluding hydrogens is 319 g/mol. The fourth-order valence-electron chi connectivity index (χ4n) is 2.68. The highest BCUT2D eigenvalue weighted by molar-refractivity contribution is 5.78. The average Bonchev–Trinajstić information content (AvgIpc) is 2.52. The molecule has 7 nitrogen and oxygen atoms in total. The lowest BCUT2D eigenvalue weighted by Crippen LogP contribution is -2.58. The highest BCUT2D eigenvalue weighted by atomic mass is 19.1. The van der Waals surface area contributed by atoms with Crippen LogP contribution in [0.2, 0.25) is 0 Å². The van der Waals surface area contributed by atoms with Crippen molar-refractivity contribution in [1.82, 2.24) is 4.90 Å². The van der Waals surface area contributed by atoms with Gasteiger partial charge in [-0.15, -0.1) is 0 Å². The van der Waals surface area contributed by atoms with Crippen molar-refractivity contribution < 1.29 is 28.2 Å². The number of carbonyl (C=O) groups excluding carboxylic acids is 2. The van der Waals surface area contributed by atoms with Crippen LogP contribution >= 0.6 is 0 Å². The third-order valence-electron chi connectivity index (χ3n) is 3.66. The number of nitrogens with zero attached hydrogens (tertiary/aromatic N) is 1. The minimum Gasteiger partial charge on any atom is -0.484 e. The zero-order valence-electron chi connectivity index (χ0n) is 13.5. The quantitative estimate of drug-likeness (QED) is 0.772. The molecule has 0 spiro atoms. The van der Waals surface area contributed by atoms with E-state index in [0.29, 0.717) is 6.54 Å². The van der Waals surface area contributed by atoms with E-state index in [1.54, 1.807) is 6.07 Å². The van der Waals surface area contributed by atoms with Crippen molar-refractivity contribution in [2.24, 2.45) is 5.73 Å². The van der Waals surface area contributed by atoms with Gasteiger partial charge in [-0.1, -0.05) is 6.07 Å². The van der Waals surface area contributed by atoms with E-state index < -0.39 is 17.3 Å². The lowest BCUT2D eigenvalue weighted by atomic mass is 9.97. The zero-order chi connectivity index (χ0) is 17.6. The summed E-state index contributed by atoms with van der Waals surface area (Å²) in [5, 5.41) is 0. The van der Waals surface area contributed by atoms with E-state index in [0.717, 1.165) is 0 Å². The maximum atomic E-state index is 13.1. The molecule has 1 atom stereocenters. The molecule has 0 radical (unpaired) electrons. The van der Waals surface area contributed by atoms with Gasteiger partial charge < -0.3 is 24.8 Å². The van der Waals surface area contributed by atoms with Gasteiger partial charge in [-0.2, -0.15) is 0 Å². The monoisotopic (exact) mass is 340 g/mol. The van der Waals surface area contributed by atoms with Crippen molar-refractivity contribution in [1.29, 1.82) is 0 Å². The van der Waals surface area contributed by atoms with Gasteiger partial charge in [-0.3, -0.25) is 9.59 Å². The summed E-state index contributed by atoms with van der Waals surface area (Å²) in [4.78, 5) is 25.2. The predicted molar refractivity (Wildman–Crippen MR) is 82.8 cm³/mol. The van der Waals surface area contributed by atoms with Gasteiger partial charge in [0.2, 0.25) is 5.91 Å². The van der Waals surface area contributed by atoms with Gasteiger partial charge in [0, 0.05) is 19.7 Å². The van der Waals surface area contributed by atoms with Crippen LogP contribution in [0, 0.1) is 5.82 Å². The molecule has 2 amide bonds. The molecule has 1 fully saturated rings. The fraction of sp³-hybridized carbons (Fsp3) is 0.500. The van der Waals surface area contributed by atoms with Crippen LogP contribution in [0.1, 0.15) is 6.42 Å². The number of methoxy groups -OCH3 is 1. The van der Waals surface area contributed by atoms with Crippen LogP contribution in [0.25, 0.3) is 0 Å². The van der Waals surface area contributed by atoms with E-state index in [9.17, 15) is 14.0 Å². The van der Waals surface area contributed by atoms with Crippen LogP contribution in [0.15, 0.2) is 24.3 Å². The first kappa shape index (κ1) is 18.2. The predicted octanol–water partition coefficient (Wildman–Crippen LogP) is 0.324. The number of primary amides is 1. The Bertz CT molecular complexity index is 594. The molecule has 0 bridgehead atoms. The molecule has 24 heavy (non-hydrogen) atoms. The standard InChI is InChI=1S/C16H21FN2O5/c1-22-11-16(8-14(18)20)10-19(5-6-24-16)15(21)9-23-13-4-2-3-12(17)7-13/h2-4,7H,5-6,8-11H2,1H3,(H2,18,20)/t16-/m0/s1. The molecule has 1 aliphatic heterocycles. The maximum absolute atomic E-state index is 13.1. The van der Waals surface area contributed by atoms with Gasteiger partial charge in [-0.25, -0.2) is 4.39 Å². The molecule has 1 saturated heterocycles. The van der Waals surface area contributed by atoms with Crippen LogP contribution in [0.4, 0.5) is 4.39 Å². The van der Waals surface area contributed by atoms with E-state index in [1.807, 2.05) is 0 Å². The van der Waals surface area contributed by atoms with Gasteiger partial charge in [0.15, 0.2) is 6.61 Å². The van der Waals surface area contributed by atoms with Crippen LogP contribution in [0.3, 0.4) is 0 Å². The molecule has 8 heteroatoms. The zero-order valence-corrected chi connectivity index (χ0v) is 13.5. The molecule has 0 aromatic heterocycles. The summed E-state index contributed by atoms with van der Waals surface area (Å²) in [5.74, 6) is -0.978. The topological polar surface area (TPSA) is 91.1 Å². The Balaban J connectivity index is 1.97. The van der Waals surface area contributed by atoms with Gasteiger partial charge in [-0.05, 0) is 12.1 Å². The molecule has 1 aliphatic rings. The second kappa shape index (κ2) is 8.07. The minimum atomic E-state index is -0.951. The number of halogens is 1. The van der Waals surface area contributed by atoms with Crippen molar-refractivity contribution in [2.45, 2.75) is 12.0 Å². The largest absolute Gasteiger partial charge is 0.484 e. The van der Waals surface area contributed by atoms with Crippen molar-refractivity contribution in [3.8, 4) is 5.75 Å². The number of rotatable bonds is 7. The first-order valence-corrected chi connectivity index (χ1v) is 7.51. The summed E-state index contributed by atoms with van der Waals surface area (Å²) in [6.07, 6.45) is -0.0463. The Morgan fingerprint density at radius 3 is 2.92 bits per heavy atom. The normalized spacial score (nSPS) is 20.7. The smallest absolute Gasteiger partial charge is 0.260 e. The Hall–Kier alpha value is -2.19. The van der Waals surface area contributed by atoms with Crippen molar-refractivity contribution in [2.75, 3.05) is 40.0 Å². The van der Waals surface area contributed by atoms with Crippen LogP contribution in [-0.2, 0) is 19.1 Å². The molecular formula is C16H21FN2O5. The van der Waals surface area contributed by atoms with Gasteiger partial charge in [0.25, 0.3) is 5.91 Å². The van der Waals surface area contributed by atoms with E-state index in [-0.39, 0.29) is 44.4 Å². The third kappa shape index (κ3) is 4.90. The molecule has 1 heterocycles.